The third-order valence-corrected chi connectivity index (χ3v) is 1.62. The summed E-state index contributed by atoms with van der Waals surface area (Å²) < 4.78 is 12.7. The molecule has 0 amide bonds. The summed E-state index contributed by atoms with van der Waals surface area (Å²) in [6.45, 7) is 0.281. The summed E-state index contributed by atoms with van der Waals surface area (Å²) in [6, 6.07) is 3.87. The van der Waals surface area contributed by atoms with Crippen LogP contribution >= 0.6 is 0 Å². The van der Waals surface area contributed by atoms with Crippen molar-refractivity contribution in [3.8, 4) is 0 Å². The summed E-state index contributed by atoms with van der Waals surface area (Å²) in [6.07, 6.45) is 0. The van der Waals surface area contributed by atoms with Crippen LogP contribution in [0.5, 0.6) is 0 Å². The maximum Gasteiger partial charge on any atom is 0.125 e. The first kappa shape index (κ1) is 8.96. The van der Waals surface area contributed by atoms with Crippen LogP contribution in [0.4, 0.5) is 10.1 Å². The summed E-state index contributed by atoms with van der Waals surface area (Å²) in [4.78, 5) is 0. The van der Waals surface area contributed by atoms with Gasteiger partial charge in [0.15, 0.2) is 0 Å². The molecule has 12 heavy (non-hydrogen) atoms. The van der Waals surface area contributed by atoms with Gasteiger partial charge in [0.1, 0.15) is 5.82 Å². The second-order valence-corrected chi connectivity index (χ2v) is 2.66. The van der Waals surface area contributed by atoms with Gasteiger partial charge in [-0.2, -0.15) is 0 Å². The van der Waals surface area contributed by atoms with Gasteiger partial charge >= 0.3 is 0 Å². The van der Waals surface area contributed by atoms with Crippen LogP contribution in [0.15, 0.2) is 18.2 Å². The third-order valence-electron chi connectivity index (χ3n) is 1.62. The molecule has 66 valence electrons. The largest absolute Gasteiger partial charge is 0.399 e. The molecule has 1 rings (SSSR count). The average Bonchev–Trinajstić information content (AvgIpc) is 2.01. The molecule has 0 saturated carbocycles. The maximum atomic E-state index is 12.7. The molecule has 6 N–H and O–H groups in total. The molecule has 4 heteroatoms. The molecule has 3 nitrogen and oxygen atoms in total. The van der Waals surface area contributed by atoms with E-state index < -0.39 is 0 Å². The summed E-state index contributed by atoms with van der Waals surface area (Å²) in [5.74, 6) is -0.381. The number of nitrogens with two attached hydrogens (primary N) is 3. The Kier molecular flexibility index (Phi) is 2.62. The second-order valence-electron chi connectivity index (χ2n) is 2.66. The molecule has 0 aromatic heterocycles. The first-order chi connectivity index (χ1) is 5.63. The Morgan fingerprint density at radius 1 is 1.33 bits per heavy atom. The lowest BCUT2D eigenvalue weighted by atomic mass is 10.1. The monoisotopic (exact) mass is 169 g/mol. The van der Waals surface area contributed by atoms with Crippen LogP contribution in [-0.2, 0) is 0 Å². The number of hydrogen-bond acceptors (Lipinski definition) is 3. The molecule has 0 spiro atoms. The zero-order valence-electron chi connectivity index (χ0n) is 6.63. The lowest BCUT2D eigenvalue weighted by molar-refractivity contribution is 0.620. The second kappa shape index (κ2) is 3.51. The van der Waals surface area contributed by atoms with Crippen LogP contribution in [0.25, 0.3) is 0 Å². The minimum atomic E-state index is -0.381. The zero-order chi connectivity index (χ0) is 9.14. The van der Waals surface area contributed by atoms with Gasteiger partial charge in [-0.1, -0.05) is 0 Å². The molecule has 0 aliphatic rings. The molecule has 1 aromatic rings. The minimum absolute atomic E-state index is 0.281. The summed E-state index contributed by atoms with van der Waals surface area (Å²) in [5.41, 5.74) is 17.3. The number of nitrogen functional groups attached to an aromatic ring is 1. The Labute approximate surface area is 70.3 Å². The van der Waals surface area contributed by atoms with Gasteiger partial charge in [0.2, 0.25) is 0 Å². The van der Waals surface area contributed by atoms with Gasteiger partial charge < -0.3 is 17.2 Å². The van der Waals surface area contributed by atoms with Crippen LogP contribution < -0.4 is 17.2 Å². The predicted octanol–water partition coefficient (Wildman–Crippen LogP) is 0.366. The van der Waals surface area contributed by atoms with Crippen molar-refractivity contribution in [2.45, 2.75) is 6.04 Å². The number of halogens is 1. The van der Waals surface area contributed by atoms with Crippen LogP contribution in [0.1, 0.15) is 11.6 Å². The summed E-state index contributed by atoms with van der Waals surface area (Å²) in [5, 5.41) is 0. The smallest absolute Gasteiger partial charge is 0.125 e. The van der Waals surface area contributed by atoms with E-state index in [0.29, 0.717) is 11.3 Å². The SMILES string of the molecule is NC[C@@H](N)c1cc(N)cc(F)c1. The average molecular weight is 169 g/mol. The highest BCUT2D eigenvalue weighted by Gasteiger charge is 2.05. The lowest BCUT2D eigenvalue weighted by Crippen LogP contribution is -2.20. The van der Waals surface area contributed by atoms with Crippen molar-refractivity contribution in [3.05, 3.63) is 29.6 Å². The Balaban J connectivity index is 3.00. The third kappa shape index (κ3) is 1.93. The van der Waals surface area contributed by atoms with E-state index in [1.165, 1.54) is 12.1 Å². The molecule has 0 bridgehead atoms. The zero-order valence-corrected chi connectivity index (χ0v) is 6.63. The number of rotatable bonds is 2. The molecule has 0 aliphatic heterocycles. The highest BCUT2D eigenvalue weighted by atomic mass is 19.1. The molecule has 0 aliphatic carbocycles. The van der Waals surface area contributed by atoms with Crippen molar-refractivity contribution in [1.29, 1.82) is 0 Å². The number of anilines is 1. The van der Waals surface area contributed by atoms with E-state index in [4.69, 9.17) is 17.2 Å². The number of benzene rings is 1. The highest BCUT2D eigenvalue weighted by Crippen LogP contribution is 2.15. The molecule has 0 radical (unpaired) electrons. The van der Waals surface area contributed by atoms with Crippen LogP contribution in [-0.4, -0.2) is 6.54 Å². The topological polar surface area (TPSA) is 78.1 Å². The lowest BCUT2D eigenvalue weighted by Gasteiger charge is -2.09. The van der Waals surface area contributed by atoms with Crippen molar-refractivity contribution >= 4 is 5.69 Å². The Hall–Kier alpha value is -1.13. The van der Waals surface area contributed by atoms with Gasteiger partial charge in [-0.15, -0.1) is 0 Å². The fourth-order valence-electron chi connectivity index (χ4n) is 0.986. The fourth-order valence-corrected chi connectivity index (χ4v) is 0.986. The highest BCUT2D eigenvalue weighted by molar-refractivity contribution is 5.42. The van der Waals surface area contributed by atoms with Gasteiger partial charge in [-0.3, -0.25) is 0 Å². The maximum absolute atomic E-state index is 12.7. The molecular weight excluding hydrogens is 157 g/mol. The van der Waals surface area contributed by atoms with Crippen LogP contribution in [0.2, 0.25) is 0 Å². The van der Waals surface area contributed by atoms with E-state index >= 15 is 0 Å². The first-order valence-electron chi connectivity index (χ1n) is 3.65. The van der Waals surface area contributed by atoms with Crippen molar-refractivity contribution < 1.29 is 4.39 Å². The molecule has 1 aromatic carbocycles. The van der Waals surface area contributed by atoms with E-state index in [9.17, 15) is 4.39 Å². The summed E-state index contributed by atoms with van der Waals surface area (Å²) in [7, 11) is 0. The first-order valence-corrected chi connectivity index (χ1v) is 3.65. The van der Waals surface area contributed by atoms with E-state index in [1.54, 1.807) is 6.07 Å². The fraction of sp³-hybridized carbons (Fsp3) is 0.250. The van der Waals surface area contributed by atoms with Gasteiger partial charge in [0.05, 0.1) is 0 Å². The standard InChI is InChI=1S/C8H12FN3/c9-6-1-5(8(12)4-10)2-7(11)3-6/h1-3,8H,4,10-12H2/t8-/m1/s1. The van der Waals surface area contributed by atoms with E-state index in [-0.39, 0.29) is 18.4 Å². The van der Waals surface area contributed by atoms with Gasteiger partial charge in [0, 0.05) is 18.3 Å². The van der Waals surface area contributed by atoms with Gasteiger partial charge in [-0.05, 0) is 23.8 Å². The normalized spacial score (nSPS) is 12.9. The van der Waals surface area contributed by atoms with Gasteiger partial charge in [0.25, 0.3) is 0 Å². The van der Waals surface area contributed by atoms with Crippen LogP contribution in [0.3, 0.4) is 0 Å². The molecule has 0 saturated heterocycles. The molecule has 0 heterocycles. The van der Waals surface area contributed by atoms with Gasteiger partial charge in [-0.25, -0.2) is 4.39 Å². The predicted molar refractivity (Wildman–Crippen MR) is 46.8 cm³/mol. The Morgan fingerprint density at radius 3 is 2.50 bits per heavy atom. The van der Waals surface area contributed by atoms with E-state index in [1.807, 2.05) is 0 Å². The Bertz CT molecular complexity index is 255. The minimum Gasteiger partial charge on any atom is -0.399 e. The Morgan fingerprint density at radius 2 is 2.00 bits per heavy atom. The molecule has 0 fully saturated rings. The van der Waals surface area contributed by atoms with Crippen molar-refractivity contribution in [2.75, 3.05) is 12.3 Å². The van der Waals surface area contributed by atoms with E-state index in [2.05, 4.69) is 0 Å². The quantitative estimate of drug-likeness (QED) is 0.559. The summed E-state index contributed by atoms with van der Waals surface area (Å²) >= 11 is 0. The van der Waals surface area contributed by atoms with Crippen LogP contribution in [0, 0.1) is 5.82 Å². The van der Waals surface area contributed by atoms with Crippen molar-refractivity contribution in [1.82, 2.24) is 0 Å². The van der Waals surface area contributed by atoms with Crippen molar-refractivity contribution in [3.63, 3.8) is 0 Å². The van der Waals surface area contributed by atoms with Crippen molar-refractivity contribution in [2.24, 2.45) is 11.5 Å². The molecule has 1 atom stereocenters. The van der Waals surface area contributed by atoms with E-state index in [0.717, 1.165) is 0 Å². The molecular formula is C8H12FN3. The molecule has 0 unspecified atom stereocenters. The number of hydrogen-bond donors (Lipinski definition) is 3.